The van der Waals surface area contributed by atoms with Crippen molar-refractivity contribution in [2.45, 2.75) is 19.8 Å². The molecule has 0 radical (unpaired) electrons. The molecule has 0 unspecified atom stereocenters. The number of rotatable bonds is 5. The van der Waals surface area contributed by atoms with Gasteiger partial charge in [-0.3, -0.25) is 4.99 Å². The Balaban J connectivity index is 2.65. The Morgan fingerprint density at radius 3 is 2.87 bits per heavy atom. The highest BCUT2D eigenvalue weighted by Gasteiger charge is 1.99. The third-order valence-corrected chi connectivity index (χ3v) is 2.11. The van der Waals surface area contributed by atoms with Gasteiger partial charge in [-0.2, -0.15) is 0 Å². The van der Waals surface area contributed by atoms with Gasteiger partial charge in [-0.15, -0.1) is 0 Å². The molecule has 1 N–H and O–H groups in total. The average Bonchev–Trinajstić information content (AvgIpc) is 2.26. The number of methoxy groups -OCH3 is 1. The van der Waals surface area contributed by atoms with E-state index >= 15 is 0 Å². The Morgan fingerprint density at radius 2 is 2.27 bits per heavy atom. The van der Waals surface area contributed by atoms with Crippen molar-refractivity contribution in [2.75, 3.05) is 13.7 Å². The molecule has 0 heterocycles. The van der Waals surface area contributed by atoms with Crippen molar-refractivity contribution in [1.82, 2.24) is 0 Å². The van der Waals surface area contributed by atoms with E-state index in [-0.39, 0.29) is 5.75 Å². The number of phenolic OH excluding ortho intramolecular Hbond substituents is 1. The summed E-state index contributed by atoms with van der Waals surface area (Å²) >= 11 is 0. The van der Waals surface area contributed by atoms with Crippen LogP contribution in [0.5, 0.6) is 11.5 Å². The predicted octanol–water partition coefficient (Wildman–Crippen LogP) is 2.62. The van der Waals surface area contributed by atoms with Crippen molar-refractivity contribution in [1.29, 1.82) is 0 Å². The standard InChI is InChI=1S/C12H17NO2/c1-3-4-7-13-9-10-5-6-11(15-2)8-12(10)14/h5-6,8-9,14H,3-4,7H2,1-2H3. The highest BCUT2D eigenvalue weighted by Crippen LogP contribution is 2.21. The number of benzene rings is 1. The third-order valence-electron chi connectivity index (χ3n) is 2.11. The fourth-order valence-corrected chi connectivity index (χ4v) is 1.17. The Kier molecular flexibility index (Phi) is 4.68. The number of unbranched alkanes of at least 4 members (excludes halogenated alkanes) is 1. The van der Waals surface area contributed by atoms with Gasteiger partial charge in [-0.1, -0.05) is 13.3 Å². The first kappa shape index (κ1) is 11.6. The van der Waals surface area contributed by atoms with Gasteiger partial charge in [0.05, 0.1) is 7.11 Å². The molecule has 1 aromatic rings. The lowest BCUT2D eigenvalue weighted by Gasteiger charge is -2.02. The van der Waals surface area contributed by atoms with E-state index in [0.29, 0.717) is 5.75 Å². The number of nitrogens with zero attached hydrogens (tertiary/aromatic N) is 1. The minimum Gasteiger partial charge on any atom is -0.507 e. The normalized spacial score (nSPS) is 10.8. The number of phenols is 1. The summed E-state index contributed by atoms with van der Waals surface area (Å²) in [7, 11) is 1.57. The molecule has 1 aromatic carbocycles. The second-order valence-corrected chi connectivity index (χ2v) is 3.31. The first-order valence-corrected chi connectivity index (χ1v) is 5.14. The zero-order valence-corrected chi connectivity index (χ0v) is 9.23. The molecule has 0 bridgehead atoms. The summed E-state index contributed by atoms with van der Waals surface area (Å²) in [4.78, 5) is 4.22. The molecule has 0 fully saturated rings. The monoisotopic (exact) mass is 207 g/mol. The number of hydrogen-bond donors (Lipinski definition) is 1. The second-order valence-electron chi connectivity index (χ2n) is 3.31. The van der Waals surface area contributed by atoms with Gasteiger partial charge in [0.1, 0.15) is 11.5 Å². The minimum absolute atomic E-state index is 0.203. The quantitative estimate of drug-likeness (QED) is 0.595. The van der Waals surface area contributed by atoms with Gasteiger partial charge in [0.2, 0.25) is 0 Å². The number of aliphatic imine (C=N–C) groups is 1. The summed E-state index contributed by atoms with van der Waals surface area (Å²) < 4.78 is 4.99. The Hall–Kier alpha value is -1.51. The predicted molar refractivity (Wildman–Crippen MR) is 62.0 cm³/mol. The van der Waals surface area contributed by atoms with E-state index in [0.717, 1.165) is 24.9 Å². The molecule has 0 spiro atoms. The van der Waals surface area contributed by atoms with E-state index in [4.69, 9.17) is 4.74 Å². The van der Waals surface area contributed by atoms with Crippen LogP contribution >= 0.6 is 0 Å². The van der Waals surface area contributed by atoms with E-state index in [9.17, 15) is 5.11 Å². The van der Waals surface area contributed by atoms with Gasteiger partial charge in [0.25, 0.3) is 0 Å². The van der Waals surface area contributed by atoms with Crippen LogP contribution in [0.25, 0.3) is 0 Å². The molecule has 15 heavy (non-hydrogen) atoms. The summed E-state index contributed by atoms with van der Waals surface area (Å²) in [5.41, 5.74) is 0.729. The minimum atomic E-state index is 0.203. The van der Waals surface area contributed by atoms with Gasteiger partial charge in [-0.25, -0.2) is 0 Å². The van der Waals surface area contributed by atoms with Crippen LogP contribution in [0.1, 0.15) is 25.3 Å². The Bertz CT molecular complexity index is 334. The molecule has 3 heteroatoms. The molecule has 0 aliphatic rings. The van der Waals surface area contributed by atoms with Crippen molar-refractivity contribution in [3.8, 4) is 11.5 Å². The van der Waals surface area contributed by atoms with Gasteiger partial charge in [0, 0.05) is 24.4 Å². The lowest BCUT2D eigenvalue weighted by atomic mass is 10.2. The molecule has 3 nitrogen and oxygen atoms in total. The van der Waals surface area contributed by atoms with Crippen LogP contribution in [0.15, 0.2) is 23.2 Å². The van der Waals surface area contributed by atoms with Crippen molar-refractivity contribution in [2.24, 2.45) is 4.99 Å². The SMILES string of the molecule is CCCCN=Cc1ccc(OC)cc1O. The van der Waals surface area contributed by atoms with Crippen molar-refractivity contribution in [3.05, 3.63) is 23.8 Å². The van der Waals surface area contributed by atoms with Crippen LogP contribution in [-0.4, -0.2) is 25.0 Å². The first-order valence-electron chi connectivity index (χ1n) is 5.14. The van der Waals surface area contributed by atoms with Gasteiger partial charge < -0.3 is 9.84 Å². The van der Waals surface area contributed by atoms with Crippen LogP contribution in [0.3, 0.4) is 0 Å². The van der Waals surface area contributed by atoms with Crippen LogP contribution in [0, 0.1) is 0 Å². The fraction of sp³-hybridized carbons (Fsp3) is 0.417. The summed E-state index contributed by atoms with van der Waals surface area (Å²) in [6, 6.07) is 5.19. The number of hydrogen-bond acceptors (Lipinski definition) is 3. The second kappa shape index (κ2) is 6.06. The molecule has 0 aliphatic carbocycles. The largest absolute Gasteiger partial charge is 0.507 e. The third kappa shape index (κ3) is 3.62. The molecule has 0 aromatic heterocycles. The molecule has 0 amide bonds. The lowest BCUT2D eigenvalue weighted by Crippen LogP contribution is -1.87. The lowest BCUT2D eigenvalue weighted by molar-refractivity contribution is 0.407. The van der Waals surface area contributed by atoms with E-state index in [2.05, 4.69) is 11.9 Å². The maximum atomic E-state index is 9.61. The van der Waals surface area contributed by atoms with Gasteiger partial charge >= 0.3 is 0 Å². The highest BCUT2D eigenvalue weighted by atomic mass is 16.5. The van der Waals surface area contributed by atoms with E-state index < -0.39 is 0 Å². The van der Waals surface area contributed by atoms with Crippen molar-refractivity contribution in [3.63, 3.8) is 0 Å². The Morgan fingerprint density at radius 1 is 1.47 bits per heavy atom. The topological polar surface area (TPSA) is 41.8 Å². The molecule has 0 saturated carbocycles. The van der Waals surface area contributed by atoms with Gasteiger partial charge in [0.15, 0.2) is 0 Å². The van der Waals surface area contributed by atoms with E-state index in [1.54, 1.807) is 31.5 Å². The summed E-state index contributed by atoms with van der Waals surface area (Å²) in [6.07, 6.45) is 3.91. The number of aromatic hydroxyl groups is 1. The van der Waals surface area contributed by atoms with Crippen LogP contribution in [0.2, 0.25) is 0 Å². The fourth-order valence-electron chi connectivity index (χ4n) is 1.17. The molecule has 82 valence electrons. The average molecular weight is 207 g/mol. The molecule has 0 aliphatic heterocycles. The van der Waals surface area contributed by atoms with Crippen LogP contribution in [-0.2, 0) is 0 Å². The molecule has 1 rings (SSSR count). The van der Waals surface area contributed by atoms with Crippen LogP contribution < -0.4 is 4.74 Å². The van der Waals surface area contributed by atoms with Gasteiger partial charge in [-0.05, 0) is 18.6 Å². The van der Waals surface area contributed by atoms with Crippen molar-refractivity contribution >= 4 is 6.21 Å². The summed E-state index contributed by atoms with van der Waals surface area (Å²) in [6.45, 7) is 2.93. The molecule has 0 atom stereocenters. The molecular weight excluding hydrogens is 190 g/mol. The molecule has 0 saturated heterocycles. The zero-order valence-electron chi connectivity index (χ0n) is 9.23. The smallest absolute Gasteiger partial charge is 0.128 e. The maximum absolute atomic E-state index is 9.61. The first-order chi connectivity index (χ1) is 7.27. The maximum Gasteiger partial charge on any atom is 0.128 e. The van der Waals surface area contributed by atoms with E-state index in [1.165, 1.54) is 0 Å². The molecular formula is C12H17NO2. The zero-order chi connectivity index (χ0) is 11.1. The Labute approximate surface area is 90.4 Å². The summed E-state index contributed by atoms with van der Waals surface area (Å²) in [5, 5.41) is 9.61. The van der Waals surface area contributed by atoms with Crippen molar-refractivity contribution < 1.29 is 9.84 Å². The summed E-state index contributed by atoms with van der Waals surface area (Å²) in [5.74, 6) is 0.854. The highest BCUT2D eigenvalue weighted by molar-refractivity contribution is 5.83. The van der Waals surface area contributed by atoms with Crippen LogP contribution in [0.4, 0.5) is 0 Å². The van der Waals surface area contributed by atoms with E-state index in [1.807, 2.05) is 0 Å². The number of ether oxygens (including phenoxy) is 1.